The van der Waals surface area contributed by atoms with Gasteiger partial charge in [0.15, 0.2) is 13.1 Å². The second-order valence-corrected chi connectivity index (χ2v) is 14.7. The monoisotopic (exact) mass is 814 g/mol. The molecule has 10 heteroatoms. The largest absolute Gasteiger partial charge is 1.00 e. The minimum atomic E-state index is 0. The Labute approximate surface area is 318 Å². The highest BCUT2D eigenvalue weighted by atomic mass is 79.9. The van der Waals surface area contributed by atoms with E-state index in [9.17, 15) is 19.8 Å². The number of hydrogen-bond acceptors (Lipinski definition) is 4. The summed E-state index contributed by atoms with van der Waals surface area (Å²) in [6, 6.07) is 0. The molecule has 2 amide bonds. The molecule has 0 bridgehead atoms. The van der Waals surface area contributed by atoms with Crippen LogP contribution in [-0.2, 0) is 9.59 Å². The lowest BCUT2D eigenvalue weighted by Gasteiger charge is -2.33. The first-order valence-electron chi connectivity index (χ1n) is 19.7. The van der Waals surface area contributed by atoms with E-state index in [0.717, 1.165) is 51.9 Å². The van der Waals surface area contributed by atoms with E-state index in [0.29, 0.717) is 35.1 Å². The van der Waals surface area contributed by atoms with E-state index >= 15 is 0 Å². The number of rotatable bonds is 35. The van der Waals surface area contributed by atoms with E-state index < -0.39 is 0 Å². The normalized spacial score (nSPS) is 13.5. The van der Waals surface area contributed by atoms with Crippen LogP contribution in [0, 0.1) is 0 Å². The Morgan fingerprint density at radius 3 is 1.00 bits per heavy atom. The Kier molecular flexibility index (Phi) is 39.7. The van der Waals surface area contributed by atoms with E-state index in [1.54, 1.807) is 0 Å². The van der Waals surface area contributed by atoms with Gasteiger partial charge in [-0.05, 0) is 38.5 Å². The molecule has 0 spiro atoms. The van der Waals surface area contributed by atoms with Gasteiger partial charge in [0.2, 0.25) is 0 Å². The Bertz CT molecular complexity index is 664. The zero-order valence-electron chi connectivity index (χ0n) is 32.0. The first kappa shape index (κ1) is 52.1. The van der Waals surface area contributed by atoms with Crippen molar-refractivity contribution in [2.45, 2.75) is 155 Å². The van der Waals surface area contributed by atoms with Gasteiger partial charge >= 0.3 is 0 Å². The van der Waals surface area contributed by atoms with Crippen molar-refractivity contribution in [2.75, 3.05) is 79.7 Å². The van der Waals surface area contributed by atoms with Gasteiger partial charge in [-0.25, -0.2) is 0 Å². The van der Waals surface area contributed by atoms with Crippen LogP contribution in [-0.4, -0.2) is 111 Å². The van der Waals surface area contributed by atoms with Crippen LogP contribution in [0.3, 0.4) is 0 Å². The van der Waals surface area contributed by atoms with Gasteiger partial charge < -0.3 is 63.8 Å². The highest BCUT2D eigenvalue weighted by Crippen LogP contribution is 2.14. The standard InChI is InChI=1S/C38H78N4O4.2BrH/c1-5-7-9-11-19-23-27-39-37(45)35-41(3,31-33-43)29-25-21-17-15-13-14-16-18-22-26-30-42(4,32-34-44)36-38(46)40-28-24-20-12-10-8-6-2;;/h43-44H,5-36H2,1-4H3;2*1H. The summed E-state index contributed by atoms with van der Waals surface area (Å²) >= 11 is 0. The van der Waals surface area contributed by atoms with Crippen molar-refractivity contribution in [3.05, 3.63) is 0 Å². The van der Waals surface area contributed by atoms with Gasteiger partial charge in [0.05, 0.1) is 40.4 Å². The topological polar surface area (TPSA) is 98.7 Å². The Morgan fingerprint density at radius 1 is 0.438 bits per heavy atom. The van der Waals surface area contributed by atoms with Gasteiger partial charge in [-0.15, -0.1) is 0 Å². The summed E-state index contributed by atoms with van der Waals surface area (Å²) in [7, 11) is 4.22. The molecular formula is C38H80Br2N4O4. The molecule has 2 unspecified atom stereocenters. The number of halogens is 2. The fourth-order valence-electron chi connectivity index (χ4n) is 6.50. The Balaban J connectivity index is -0.0000101. The summed E-state index contributed by atoms with van der Waals surface area (Å²) in [5.74, 6) is 0.233. The van der Waals surface area contributed by atoms with Crippen LogP contribution in [0.15, 0.2) is 0 Å². The number of nitrogens with one attached hydrogen (secondary N) is 2. The number of aliphatic hydroxyl groups excluding tert-OH is 2. The molecule has 4 N–H and O–H groups in total. The predicted molar refractivity (Wildman–Crippen MR) is 195 cm³/mol. The number of carbonyl (C=O) groups is 2. The third kappa shape index (κ3) is 32.9. The summed E-state index contributed by atoms with van der Waals surface area (Å²) in [6.45, 7) is 10.3. The maximum Gasteiger partial charge on any atom is 0.275 e. The maximum atomic E-state index is 12.5. The van der Waals surface area contributed by atoms with Gasteiger partial charge in [-0.1, -0.05) is 117 Å². The molecule has 0 aromatic rings. The lowest BCUT2D eigenvalue weighted by molar-refractivity contribution is -0.902. The Hall–Kier alpha value is -0.260. The molecule has 0 aliphatic heterocycles. The molecular weight excluding hydrogens is 736 g/mol. The van der Waals surface area contributed by atoms with Crippen LogP contribution in [0.5, 0.6) is 0 Å². The zero-order chi connectivity index (χ0) is 34.2. The molecule has 0 radical (unpaired) electrons. The SMILES string of the molecule is CCCCCCCCNC(=O)C[N+](C)(CCO)CCCCCCCCCCCC[N+](C)(CCO)CC(=O)NCCCCCCCC.[Br-].[Br-]. The number of hydrogen-bond donors (Lipinski definition) is 4. The third-order valence-electron chi connectivity index (χ3n) is 9.68. The fraction of sp³-hybridized carbons (Fsp3) is 0.947. The number of carbonyl (C=O) groups excluding carboxylic acids is 2. The number of unbranched alkanes of at least 4 members (excludes halogenated alkanes) is 19. The van der Waals surface area contributed by atoms with Crippen molar-refractivity contribution in [1.82, 2.24) is 10.6 Å². The van der Waals surface area contributed by atoms with Gasteiger partial charge in [-0.3, -0.25) is 9.59 Å². The van der Waals surface area contributed by atoms with E-state index in [1.165, 1.54) is 116 Å². The van der Waals surface area contributed by atoms with Crippen molar-refractivity contribution in [3.8, 4) is 0 Å². The summed E-state index contributed by atoms with van der Waals surface area (Å²) in [6.07, 6.45) is 26.9. The lowest BCUT2D eigenvalue weighted by atomic mass is 10.1. The van der Waals surface area contributed by atoms with E-state index in [4.69, 9.17) is 0 Å². The Morgan fingerprint density at radius 2 is 0.708 bits per heavy atom. The average Bonchev–Trinajstić information content (AvgIpc) is 3.01. The van der Waals surface area contributed by atoms with Crippen molar-refractivity contribution >= 4 is 11.8 Å². The summed E-state index contributed by atoms with van der Waals surface area (Å²) in [5.41, 5.74) is 0. The molecule has 0 aliphatic carbocycles. The smallest absolute Gasteiger partial charge is 0.275 e. The molecule has 0 aromatic heterocycles. The van der Waals surface area contributed by atoms with E-state index in [1.807, 2.05) is 0 Å². The molecule has 0 aliphatic rings. The van der Waals surface area contributed by atoms with Crippen LogP contribution >= 0.6 is 0 Å². The predicted octanol–water partition coefficient (Wildman–Crippen LogP) is 0.727. The first-order valence-corrected chi connectivity index (χ1v) is 19.7. The lowest BCUT2D eigenvalue weighted by Crippen LogP contribution is -3.00. The molecule has 48 heavy (non-hydrogen) atoms. The number of likely N-dealkylation sites (N-methyl/N-ethyl adjacent to an activating group) is 2. The number of amides is 2. The molecule has 0 saturated heterocycles. The molecule has 0 saturated carbocycles. The number of aliphatic hydroxyl groups is 2. The van der Waals surface area contributed by atoms with Crippen molar-refractivity contribution in [1.29, 1.82) is 0 Å². The quantitative estimate of drug-likeness (QED) is 0.0561. The molecule has 0 rings (SSSR count). The maximum absolute atomic E-state index is 12.5. The highest BCUT2D eigenvalue weighted by Gasteiger charge is 2.25. The second kappa shape index (κ2) is 36.5. The average molecular weight is 817 g/mol. The number of quaternary nitrogens is 2. The highest BCUT2D eigenvalue weighted by molar-refractivity contribution is 5.77. The fourth-order valence-corrected chi connectivity index (χ4v) is 6.50. The second-order valence-electron chi connectivity index (χ2n) is 14.7. The van der Waals surface area contributed by atoms with Crippen LogP contribution < -0.4 is 44.6 Å². The first-order chi connectivity index (χ1) is 22.2. The van der Waals surface area contributed by atoms with Crippen LogP contribution in [0.25, 0.3) is 0 Å². The van der Waals surface area contributed by atoms with Crippen LogP contribution in [0.1, 0.15) is 155 Å². The third-order valence-corrected chi connectivity index (χ3v) is 9.68. The summed E-state index contributed by atoms with van der Waals surface area (Å²) < 4.78 is 1.25. The summed E-state index contributed by atoms with van der Waals surface area (Å²) in [5, 5.41) is 25.4. The van der Waals surface area contributed by atoms with Gasteiger partial charge in [0, 0.05) is 13.1 Å². The van der Waals surface area contributed by atoms with Crippen molar-refractivity contribution in [3.63, 3.8) is 0 Å². The molecule has 0 heterocycles. The van der Waals surface area contributed by atoms with Crippen molar-refractivity contribution in [2.24, 2.45) is 0 Å². The van der Waals surface area contributed by atoms with E-state index in [-0.39, 0.29) is 59.0 Å². The molecule has 0 aromatic carbocycles. The molecule has 0 fully saturated rings. The van der Waals surface area contributed by atoms with Crippen LogP contribution in [0.2, 0.25) is 0 Å². The molecule has 290 valence electrons. The summed E-state index contributed by atoms with van der Waals surface area (Å²) in [4.78, 5) is 25.1. The van der Waals surface area contributed by atoms with Crippen molar-refractivity contribution < 1.29 is 62.7 Å². The van der Waals surface area contributed by atoms with E-state index in [2.05, 4.69) is 38.6 Å². The molecule has 2 atom stereocenters. The zero-order valence-corrected chi connectivity index (χ0v) is 35.2. The van der Waals surface area contributed by atoms with Gasteiger partial charge in [-0.2, -0.15) is 0 Å². The van der Waals surface area contributed by atoms with Crippen LogP contribution in [0.4, 0.5) is 0 Å². The minimum Gasteiger partial charge on any atom is -1.00 e. The minimum absolute atomic E-state index is 0. The number of nitrogens with zero attached hydrogens (tertiary/aromatic N) is 2. The van der Waals surface area contributed by atoms with Gasteiger partial charge in [0.1, 0.15) is 13.1 Å². The molecule has 8 nitrogen and oxygen atoms in total. The van der Waals surface area contributed by atoms with Gasteiger partial charge in [0.25, 0.3) is 11.8 Å².